The van der Waals surface area contributed by atoms with Gasteiger partial charge in [-0.3, -0.25) is 9.59 Å². The van der Waals surface area contributed by atoms with E-state index in [1.807, 2.05) is 0 Å². The van der Waals surface area contributed by atoms with Crippen LogP contribution in [-0.2, 0) is 14.3 Å². The van der Waals surface area contributed by atoms with Crippen LogP contribution in [0.2, 0.25) is 0 Å². The van der Waals surface area contributed by atoms with E-state index in [0.29, 0.717) is 28.4 Å². The number of Topliss-reactive ketones (excluding diaryl/α,β-unsaturated/α-hetero) is 1. The topological polar surface area (TPSA) is 43.4 Å². The number of ether oxygens (including phenoxy) is 1. The van der Waals surface area contributed by atoms with Gasteiger partial charge in [-0.05, 0) is 55.3 Å². The third-order valence-electron chi connectivity index (χ3n) is 8.09. The number of rotatable bonds is 1. The maximum atomic E-state index is 12.5. The van der Waals surface area contributed by atoms with Crippen molar-refractivity contribution in [3.63, 3.8) is 0 Å². The lowest BCUT2D eigenvalue weighted by molar-refractivity contribution is -0.148. The normalized spacial score (nSPS) is 48.9. The molecule has 4 rings (SSSR count). The van der Waals surface area contributed by atoms with Crippen molar-refractivity contribution in [2.24, 2.45) is 28.6 Å². The molecule has 0 spiro atoms. The number of esters is 1. The molecule has 7 atom stereocenters. The van der Waals surface area contributed by atoms with Crippen molar-refractivity contribution < 1.29 is 14.3 Å². The maximum Gasteiger partial charge on any atom is 0.302 e. The summed E-state index contributed by atoms with van der Waals surface area (Å²) < 4.78 is 5.52. The second-order valence-corrected chi connectivity index (χ2v) is 10.3. The standard InChI is InChI=1S/C21H29BrO3/c1-12(23)25-14-6-8-20(2)13(10-14)11-17(22)19-15-4-5-18(24)21(15,3)9-7-16(19)20/h11,14-17,19H,4-10H2,1-3H3/t14-,15?,16?,17?,19?,20-,21-/m0/s1. The van der Waals surface area contributed by atoms with Crippen LogP contribution in [0.1, 0.15) is 65.7 Å². The first-order valence-corrected chi connectivity index (χ1v) is 10.7. The van der Waals surface area contributed by atoms with Crippen LogP contribution < -0.4 is 0 Å². The number of carbonyl (C=O) groups is 2. The quantitative estimate of drug-likeness (QED) is 0.354. The van der Waals surface area contributed by atoms with Crippen molar-refractivity contribution in [1.82, 2.24) is 0 Å². The van der Waals surface area contributed by atoms with Crippen LogP contribution in [-0.4, -0.2) is 22.7 Å². The molecule has 0 aromatic carbocycles. The second kappa shape index (κ2) is 5.94. The molecule has 0 N–H and O–H groups in total. The Bertz CT molecular complexity index is 641. The highest BCUT2D eigenvalue weighted by Gasteiger charge is 2.60. The van der Waals surface area contributed by atoms with Crippen LogP contribution >= 0.6 is 15.9 Å². The highest BCUT2D eigenvalue weighted by Crippen LogP contribution is 2.65. The Kier molecular flexibility index (Phi) is 4.22. The predicted octanol–water partition coefficient (Wildman–Crippen LogP) is 4.82. The number of carbonyl (C=O) groups excluding carboxylic acids is 2. The van der Waals surface area contributed by atoms with Crippen molar-refractivity contribution in [2.75, 3.05) is 0 Å². The van der Waals surface area contributed by atoms with Gasteiger partial charge in [0.25, 0.3) is 0 Å². The molecule has 3 saturated carbocycles. The van der Waals surface area contributed by atoms with E-state index < -0.39 is 0 Å². The average molecular weight is 409 g/mol. The largest absolute Gasteiger partial charge is 0.462 e. The molecule has 3 nitrogen and oxygen atoms in total. The molecule has 0 aromatic rings. The Morgan fingerprint density at radius 3 is 2.56 bits per heavy atom. The summed E-state index contributed by atoms with van der Waals surface area (Å²) in [7, 11) is 0. The highest BCUT2D eigenvalue weighted by molar-refractivity contribution is 9.09. The van der Waals surface area contributed by atoms with Gasteiger partial charge in [0.1, 0.15) is 11.9 Å². The van der Waals surface area contributed by atoms with Gasteiger partial charge in [0.15, 0.2) is 0 Å². The highest BCUT2D eigenvalue weighted by atomic mass is 79.9. The molecular formula is C21H29BrO3. The zero-order chi connectivity index (χ0) is 18.0. The molecule has 4 heteroatoms. The SMILES string of the molecule is CC(=O)O[C@H]1CC[C@@]2(C)C(=CC(Br)C3C2CC[C@]2(C)C(=O)CCC32)C1. The number of fused-ring (bicyclic) bond motifs is 5. The molecule has 138 valence electrons. The summed E-state index contributed by atoms with van der Waals surface area (Å²) in [6.07, 6.45) is 9.41. The van der Waals surface area contributed by atoms with Crippen molar-refractivity contribution in [2.45, 2.75) is 76.6 Å². The van der Waals surface area contributed by atoms with E-state index in [-0.39, 0.29) is 22.9 Å². The van der Waals surface area contributed by atoms with E-state index in [1.165, 1.54) is 12.5 Å². The monoisotopic (exact) mass is 408 g/mol. The molecule has 0 aromatic heterocycles. The Hall–Kier alpha value is -0.640. The van der Waals surface area contributed by atoms with Gasteiger partial charge in [0.05, 0.1) is 0 Å². The van der Waals surface area contributed by atoms with Crippen molar-refractivity contribution >= 4 is 27.7 Å². The average Bonchev–Trinajstić information content (AvgIpc) is 2.84. The molecule has 3 fully saturated rings. The summed E-state index contributed by atoms with van der Waals surface area (Å²) in [6.45, 7) is 6.16. The van der Waals surface area contributed by atoms with Gasteiger partial charge in [-0.1, -0.05) is 41.4 Å². The van der Waals surface area contributed by atoms with E-state index in [0.717, 1.165) is 44.9 Å². The lowest BCUT2D eigenvalue weighted by atomic mass is 9.48. The molecule has 0 aliphatic heterocycles. The van der Waals surface area contributed by atoms with E-state index >= 15 is 0 Å². The molecule has 4 unspecified atom stereocenters. The van der Waals surface area contributed by atoms with Gasteiger partial charge in [0.2, 0.25) is 0 Å². The molecule has 0 radical (unpaired) electrons. The number of halogens is 1. The predicted molar refractivity (Wildman–Crippen MR) is 100 cm³/mol. The lowest BCUT2D eigenvalue weighted by Gasteiger charge is -2.58. The van der Waals surface area contributed by atoms with Gasteiger partial charge in [-0.25, -0.2) is 0 Å². The van der Waals surface area contributed by atoms with Crippen LogP contribution in [0.25, 0.3) is 0 Å². The van der Waals surface area contributed by atoms with Gasteiger partial charge in [0, 0.05) is 30.0 Å². The summed E-state index contributed by atoms with van der Waals surface area (Å²) in [5, 5.41) is 0. The van der Waals surface area contributed by atoms with Gasteiger partial charge in [-0.2, -0.15) is 0 Å². The fourth-order valence-electron chi connectivity index (χ4n) is 6.68. The fourth-order valence-corrected chi connectivity index (χ4v) is 7.73. The minimum Gasteiger partial charge on any atom is -0.462 e. The molecular weight excluding hydrogens is 380 g/mol. The number of alkyl halides is 1. The number of ketones is 1. The second-order valence-electron chi connectivity index (χ2n) is 9.24. The van der Waals surface area contributed by atoms with Crippen molar-refractivity contribution in [3.8, 4) is 0 Å². The summed E-state index contributed by atoms with van der Waals surface area (Å²) in [5.41, 5.74) is 1.59. The minimum atomic E-state index is -0.170. The van der Waals surface area contributed by atoms with Crippen LogP contribution in [0.3, 0.4) is 0 Å². The van der Waals surface area contributed by atoms with Crippen LogP contribution in [0.15, 0.2) is 11.6 Å². The fraction of sp³-hybridized carbons (Fsp3) is 0.810. The molecule has 0 amide bonds. The van der Waals surface area contributed by atoms with E-state index in [2.05, 4.69) is 35.9 Å². The van der Waals surface area contributed by atoms with E-state index in [4.69, 9.17) is 4.74 Å². The molecule has 4 aliphatic carbocycles. The van der Waals surface area contributed by atoms with Crippen molar-refractivity contribution in [3.05, 3.63) is 11.6 Å². The maximum absolute atomic E-state index is 12.5. The summed E-state index contributed by atoms with van der Waals surface area (Å²) >= 11 is 3.97. The number of allylic oxidation sites excluding steroid dienone is 1. The first-order chi connectivity index (χ1) is 11.8. The Labute approximate surface area is 159 Å². The first kappa shape index (κ1) is 17.8. The molecule has 0 bridgehead atoms. The lowest BCUT2D eigenvalue weighted by Crippen LogP contribution is -2.53. The third kappa shape index (κ3) is 2.57. The van der Waals surface area contributed by atoms with Crippen molar-refractivity contribution in [1.29, 1.82) is 0 Å². The zero-order valence-electron chi connectivity index (χ0n) is 15.5. The molecule has 25 heavy (non-hydrogen) atoms. The Balaban J connectivity index is 1.65. The summed E-state index contributed by atoms with van der Waals surface area (Å²) in [6, 6.07) is 0. The van der Waals surface area contributed by atoms with Crippen LogP contribution in [0.4, 0.5) is 0 Å². The molecule has 0 saturated heterocycles. The van der Waals surface area contributed by atoms with E-state index in [9.17, 15) is 9.59 Å². The summed E-state index contributed by atoms with van der Waals surface area (Å²) in [4.78, 5) is 24.2. The molecule has 4 aliphatic rings. The van der Waals surface area contributed by atoms with Gasteiger partial charge >= 0.3 is 5.97 Å². The van der Waals surface area contributed by atoms with Crippen LogP contribution in [0, 0.1) is 28.6 Å². The van der Waals surface area contributed by atoms with E-state index in [1.54, 1.807) is 0 Å². The first-order valence-electron chi connectivity index (χ1n) is 9.81. The van der Waals surface area contributed by atoms with Gasteiger partial charge in [-0.15, -0.1) is 0 Å². The summed E-state index contributed by atoms with van der Waals surface area (Å²) in [5.74, 6) is 2.04. The third-order valence-corrected chi connectivity index (χ3v) is 8.96. The van der Waals surface area contributed by atoms with Gasteiger partial charge < -0.3 is 4.74 Å². The van der Waals surface area contributed by atoms with Crippen LogP contribution in [0.5, 0.6) is 0 Å². The number of hydrogen-bond acceptors (Lipinski definition) is 3. The number of hydrogen-bond donors (Lipinski definition) is 0. The Morgan fingerprint density at radius 1 is 1.16 bits per heavy atom. The Morgan fingerprint density at radius 2 is 1.84 bits per heavy atom. The smallest absolute Gasteiger partial charge is 0.302 e. The minimum absolute atomic E-state index is 0.0370. The molecule has 0 heterocycles. The zero-order valence-corrected chi connectivity index (χ0v) is 17.1.